The van der Waals surface area contributed by atoms with E-state index in [0.717, 1.165) is 16.7 Å². The monoisotopic (exact) mass is 424 g/mol. The average Bonchev–Trinajstić information content (AvgIpc) is 2.65. The van der Waals surface area contributed by atoms with Gasteiger partial charge in [-0.25, -0.2) is 4.98 Å². The molecule has 0 atom stereocenters. The molecule has 1 aromatic carbocycles. The van der Waals surface area contributed by atoms with Gasteiger partial charge in [0, 0.05) is 30.3 Å². The summed E-state index contributed by atoms with van der Waals surface area (Å²) in [5.41, 5.74) is 3.12. The largest absolute Gasteiger partial charge is 0.350 e. The van der Waals surface area contributed by atoms with Crippen LogP contribution in [0.4, 0.5) is 11.5 Å². The molecule has 0 aliphatic heterocycles. The van der Waals surface area contributed by atoms with Gasteiger partial charge in [-0.15, -0.1) is 0 Å². The molecule has 0 saturated carbocycles. The molecule has 2 aromatic rings. The van der Waals surface area contributed by atoms with E-state index in [4.69, 9.17) is 0 Å². The number of nitrogens with zero attached hydrogens (tertiary/aromatic N) is 2. The highest BCUT2D eigenvalue weighted by atomic mass is 16.2. The molecule has 0 bridgehead atoms. The Bertz CT molecular complexity index is 964. The van der Waals surface area contributed by atoms with E-state index in [1.807, 2.05) is 65.8 Å². The van der Waals surface area contributed by atoms with Crippen molar-refractivity contribution in [2.75, 3.05) is 16.8 Å². The van der Waals surface area contributed by atoms with Gasteiger partial charge in [0.15, 0.2) is 0 Å². The van der Waals surface area contributed by atoms with Crippen LogP contribution in [-0.4, -0.2) is 34.8 Å². The molecular weight excluding hydrogens is 392 g/mol. The topological polar surface area (TPSA) is 91.4 Å². The highest BCUT2D eigenvalue weighted by Gasteiger charge is 2.23. The summed E-state index contributed by atoms with van der Waals surface area (Å²) in [7, 11) is 0. The number of anilines is 2. The summed E-state index contributed by atoms with van der Waals surface area (Å²) in [6, 6.07) is 9.36. The quantitative estimate of drug-likeness (QED) is 0.709. The van der Waals surface area contributed by atoms with Crippen molar-refractivity contribution in [3.05, 3.63) is 53.2 Å². The molecule has 166 valence electrons. The molecule has 31 heavy (non-hydrogen) atoms. The maximum Gasteiger partial charge on any atom is 0.240 e. The summed E-state index contributed by atoms with van der Waals surface area (Å²) in [5.74, 6) is -0.389. The van der Waals surface area contributed by atoms with Crippen molar-refractivity contribution in [2.45, 2.75) is 59.9 Å². The molecule has 0 radical (unpaired) electrons. The standard InChI is InChI=1S/C24H32N4O3/c1-16-7-8-18(3)19(13-16)28(15-22(30)27-24(4,5)6)23(31)10-9-21(29)26-20-14-17(2)11-12-25-20/h7-8,11-14H,9-10,15H2,1-6H3,(H,27,30)(H,25,26,29). The zero-order chi connectivity index (χ0) is 23.2. The van der Waals surface area contributed by atoms with Crippen LogP contribution in [0.3, 0.4) is 0 Å². The van der Waals surface area contributed by atoms with Gasteiger partial charge in [0.25, 0.3) is 0 Å². The first-order valence-corrected chi connectivity index (χ1v) is 10.4. The lowest BCUT2D eigenvalue weighted by Crippen LogP contribution is -2.47. The fourth-order valence-electron chi connectivity index (χ4n) is 3.08. The Kier molecular flexibility index (Phi) is 7.91. The van der Waals surface area contributed by atoms with Gasteiger partial charge in [0.05, 0.1) is 0 Å². The number of carbonyl (C=O) groups is 3. The number of benzene rings is 1. The Balaban J connectivity index is 2.12. The van der Waals surface area contributed by atoms with Gasteiger partial charge in [-0.3, -0.25) is 14.4 Å². The summed E-state index contributed by atoms with van der Waals surface area (Å²) in [6.45, 7) is 11.3. The number of aromatic nitrogens is 1. The SMILES string of the molecule is Cc1ccnc(NC(=O)CCC(=O)N(CC(=O)NC(C)(C)C)c2cc(C)ccc2C)c1. The summed E-state index contributed by atoms with van der Waals surface area (Å²) in [5, 5.41) is 5.60. The molecule has 0 aliphatic rings. The van der Waals surface area contributed by atoms with E-state index in [2.05, 4.69) is 15.6 Å². The summed E-state index contributed by atoms with van der Waals surface area (Å²) >= 11 is 0. The molecule has 2 N–H and O–H groups in total. The highest BCUT2D eigenvalue weighted by molar-refractivity contribution is 6.01. The molecule has 1 heterocycles. The number of carbonyl (C=O) groups excluding carboxylic acids is 3. The lowest BCUT2D eigenvalue weighted by molar-refractivity contribution is -0.125. The fraction of sp³-hybridized carbons (Fsp3) is 0.417. The van der Waals surface area contributed by atoms with Crippen molar-refractivity contribution >= 4 is 29.2 Å². The van der Waals surface area contributed by atoms with E-state index in [-0.39, 0.29) is 37.1 Å². The van der Waals surface area contributed by atoms with E-state index in [0.29, 0.717) is 11.5 Å². The molecule has 0 unspecified atom stereocenters. The van der Waals surface area contributed by atoms with Gasteiger partial charge in [-0.2, -0.15) is 0 Å². The summed E-state index contributed by atoms with van der Waals surface area (Å²) < 4.78 is 0. The number of hydrogen-bond acceptors (Lipinski definition) is 4. The Morgan fingerprint density at radius 1 is 0.935 bits per heavy atom. The summed E-state index contributed by atoms with van der Waals surface area (Å²) in [6.07, 6.45) is 1.59. The Morgan fingerprint density at radius 3 is 2.26 bits per heavy atom. The molecule has 7 heteroatoms. The molecule has 2 rings (SSSR count). The van der Waals surface area contributed by atoms with Crippen LogP contribution >= 0.6 is 0 Å². The van der Waals surface area contributed by atoms with E-state index < -0.39 is 5.54 Å². The molecule has 7 nitrogen and oxygen atoms in total. The van der Waals surface area contributed by atoms with Crippen molar-refractivity contribution in [2.24, 2.45) is 0 Å². The normalized spacial score (nSPS) is 11.0. The third kappa shape index (κ3) is 7.85. The van der Waals surface area contributed by atoms with Crippen molar-refractivity contribution in [1.82, 2.24) is 10.3 Å². The van der Waals surface area contributed by atoms with E-state index in [9.17, 15) is 14.4 Å². The predicted molar refractivity (Wildman–Crippen MR) is 123 cm³/mol. The minimum atomic E-state index is -0.409. The smallest absolute Gasteiger partial charge is 0.240 e. The van der Waals surface area contributed by atoms with Crippen molar-refractivity contribution < 1.29 is 14.4 Å². The number of amides is 3. The maximum absolute atomic E-state index is 13.1. The van der Waals surface area contributed by atoms with E-state index >= 15 is 0 Å². The number of hydrogen-bond donors (Lipinski definition) is 2. The van der Waals surface area contributed by atoms with Crippen molar-refractivity contribution in [3.8, 4) is 0 Å². The second-order valence-electron chi connectivity index (χ2n) is 8.83. The van der Waals surface area contributed by atoms with Crippen molar-refractivity contribution in [3.63, 3.8) is 0 Å². The van der Waals surface area contributed by atoms with Crippen LogP contribution in [0.25, 0.3) is 0 Å². The molecule has 0 fully saturated rings. The Labute approximate surface area is 184 Å². The molecular formula is C24H32N4O3. The number of nitrogens with one attached hydrogen (secondary N) is 2. The van der Waals surface area contributed by atoms with Crippen LogP contribution in [0.5, 0.6) is 0 Å². The molecule has 1 aromatic heterocycles. The minimum absolute atomic E-state index is 0.00327. The first kappa shape index (κ1) is 24.1. The Hall–Kier alpha value is -3.22. The number of aryl methyl sites for hydroxylation is 3. The second-order valence-corrected chi connectivity index (χ2v) is 8.83. The highest BCUT2D eigenvalue weighted by Crippen LogP contribution is 2.23. The molecule has 0 saturated heterocycles. The lowest BCUT2D eigenvalue weighted by Gasteiger charge is -2.27. The lowest BCUT2D eigenvalue weighted by atomic mass is 10.1. The first-order valence-electron chi connectivity index (χ1n) is 10.4. The van der Waals surface area contributed by atoms with Gasteiger partial charge in [-0.1, -0.05) is 12.1 Å². The third-order valence-corrected chi connectivity index (χ3v) is 4.52. The first-order chi connectivity index (χ1) is 14.4. The van der Waals surface area contributed by atoms with Crippen LogP contribution in [0.1, 0.15) is 50.3 Å². The van der Waals surface area contributed by atoms with Gasteiger partial charge in [-0.05, 0) is 76.4 Å². The average molecular weight is 425 g/mol. The summed E-state index contributed by atoms with van der Waals surface area (Å²) in [4.78, 5) is 43.5. The fourth-order valence-corrected chi connectivity index (χ4v) is 3.08. The molecule has 0 spiro atoms. The van der Waals surface area contributed by atoms with Crippen LogP contribution in [0.2, 0.25) is 0 Å². The van der Waals surface area contributed by atoms with Gasteiger partial charge in [0.1, 0.15) is 12.4 Å². The van der Waals surface area contributed by atoms with Crippen molar-refractivity contribution in [1.29, 1.82) is 0 Å². The second kappa shape index (κ2) is 10.2. The maximum atomic E-state index is 13.1. The van der Waals surface area contributed by atoms with Crippen LogP contribution in [0.15, 0.2) is 36.5 Å². The van der Waals surface area contributed by atoms with Crippen LogP contribution < -0.4 is 15.5 Å². The van der Waals surface area contributed by atoms with Gasteiger partial charge in [0.2, 0.25) is 17.7 Å². The molecule has 3 amide bonds. The van der Waals surface area contributed by atoms with Crippen LogP contribution in [0, 0.1) is 20.8 Å². The van der Waals surface area contributed by atoms with Gasteiger partial charge < -0.3 is 15.5 Å². The number of pyridine rings is 1. The zero-order valence-electron chi connectivity index (χ0n) is 19.2. The third-order valence-electron chi connectivity index (χ3n) is 4.52. The van der Waals surface area contributed by atoms with Crippen LogP contribution in [-0.2, 0) is 14.4 Å². The van der Waals surface area contributed by atoms with Gasteiger partial charge >= 0.3 is 0 Å². The van der Waals surface area contributed by atoms with E-state index in [1.165, 1.54) is 4.90 Å². The number of rotatable bonds is 7. The minimum Gasteiger partial charge on any atom is -0.350 e. The molecule has 0 aliphatic carbocycles. The predicted octanol–water partition coefficient (Wildman–Crippen LogP) is 3.67. The zero-order valence-corrected chi connectivity index (χ0v) is 19.2. The van der Waals surface area contributed by atoms with E-state index in [1.54, 1.807) is 12.3 Å². The Morgan fingerprint density at radius 2 is 1.61 bits per heavy atom.